The van der Waals surface area contributed by atoms with Crippen molar-refractivity contribution >= 4 is 5.97 Å². The molecular formula is C42H74O2. The maximum Gasteiger partial charge on any atom is 0.306 e. The van der Waals surface area contributed by atoms with Crippen LogP contribution in [-0.2, 0) is 4.79 Å². The molecule has 3 fully saturated rings. The van der Waals surface area contributed by atoms with Crippen molar-refractivity contribution in [1.29, 1.82) is 0 Å². The van der Waals surface area contributed by atoms with E-state index in [1.165, 1.54) is 122 Å². The van der Waals surface area contributed by atoms with Crippen molar-refractivity contribution in [2.24, 2.45) is 58.2 Å². The van der Waals surface area contributed by atoms with Crippen LogP contribution in [0.1, 0.15) is 189 Å². The highest BCUT2D eigenvalue weighted by atomic mass is 16.4. The number of fused-ring (bicyclic) bond motifs is 5. The first-order valence-corrected chi connectivity index (χ1v) is 20.0. The van der Waals surface area contributed by atoms with Crippen LogP contribution in [0.4, 0.5) is 0 Å². The van der Waals surface area contributed by atoms with Gasteiger partial charge in [-0.25, -0.2) is 0 Å². The first-order chi connectivity index (χ1) is 21.1. The minimum absolute atomic E-state index is 0.140. The molecular weight excluding hydrogens is 536 g/mol. The van der Waals surface area contributed by atoms with Crippen LogP contribution in [-0.4, -0.2) is 11.1 Å². The van der Waals surface area contributed by atoms with Crippen molar-refractivity contribution in [3.63, 3.8) is 0 Å². The van der Waals surface area contributed by atoms with Gasteiger partial charge in [-0.2, -0.15) is 0 Å². The molecule has 1 N–H and O–H groups in total. The lowest BCUT2D eigenvalue weighted by Crippen LogP contribution is -2.51. The first-order valence-electron chi connectivity index (χ1n) is 20.0. The molecule has 0 spiro atoms. The second kappa shape index (κ2) is 16.9. The van der Waals surface area contributed by atoms with Crippen LogP contribution in [0.2, 0.25) is 0 Å². The van der Waals surface area contributed by atoms with Crippen molar-refractivity contribution < 1.29 is 9.90 Å². The molecule has 254 valence electrons. The number of allylic oxidation sites excluding steroid dienone is 2. The third-order valence-corrected chi connectivity index (χ3v) is 14.3. The minimum atomic E-state index is -0.520. The van der Waals surface area contributed by atoms with E-state index in [4.69, 9.17) is 0 Å². The predicted octanol–water partition coefficient (Wildman–Crippen LogP) is 13.0. The quantitative estimate of drug-likeness (QED) is 0.117. The Labute approximate surface area is 274 Å². The molecule has 0 aromatic rings. The molecule has 2 heteroatoms. The summed E-state index contributed by atoms with van der Waals surface area (Å²) in [5.74, 6) is 4.90. The molecule has 2 nitrogen and oxygen atoms in total. The van der Waals surface area contributed by atoms with Crippen LogP contribution in [0, 0.1) is 58.2 Å². The zero-order valence-electron chi connectivity index (χ0n) is 30.3. The van der Waals surface area contributed by atoms with Gasteiger partial charge < -0.3 is 5.11 Å². The number of carbonyl (C=O) groups is 1. The van der Waals surface area contributed by atoms with Gasteiger partial charge in [0.25, 0.3) is 0 Å². The van der Waals surface area contributed by atoms with Gasteiger partial charge in [-0.05, 0) is 110 Å². The summed E-state index contributed by atoms with van der Waals surface area (Å²) in [6.07, 6.45) is 32.8. The molecule has 0 radical (unpaired) electrons. The van der Waals surface area contributed by atoms with Crippen LogP contribution in [0.3, 0.4) is 0 Å². The standard InChI is InChI=1S/C42H74O2/c1-7-8-9-10-11-12-13-14-15-16-17-21-35(40(43)44)33-26-28-41(5)34(30-33)22-23-36-38-25-24-37(32(4)20-18-19-31(2)3)42(38,6)29-27-39(36)41/h22,31-33,35-39H,7-21,23-30H2,1-6H3,(H,43,44)/t32-,33+,35?,36+,37-,38+,39+,41+,42-/m1/s1. The number of hydrogen-bond acceptors (Lipinski definition) is 1. The summed E-state index contributed by atoms with van der Waals surface area (Å²) in [5.41, 5.74) is 2.53. The van der Waals surface area contributed by atoms with E-state index in [0.29, 0.717) is 16.7 Å². The molecule has 0 aromatic heterocycles. The summed E-state index contributed by atoms with van der Waals surface area (Å²) in [4.78, 5) is 12.5. The topological polar surface area (TPSA) is 37.3 Å². The Kier molecular flexibility index (Phi) is 13.8. The Morgan fingerprint density at radius 3 is 2.09 bits per heavy atom. The Balaban J connectivity index is 1.27. The maximum absolute atomic E-state index is 12.5. The molecule has 44 heavy (non-hydrogen) atoms. The van der Waals surface area contributed by atoms with Crippen LogP contribution >= 0.6 is 0 Å². The summed E-state index contributed by atoms with van der Waals surface area (Å²) in [7, 11) is 0. The van der Waals surface area contributed by atoms with E-state index in [-0.39, 0.29) is 5.92 Å². The van der Waals surface area contributed by atoms with Gasteiger partial charge in [-0.15, -0.1) is 0 Å². The van der Waals surface area contributed by atoms with Crippen LogP contribution in [0.15, 0.2) is 11.6 Å². The molecule has 4 aliphatic carbocycles. The fraction of sp³-hybridized carbons (Fsp3) is 0.929. The maximum atomic E-state index is 12.5. The monoisotopic (exact) mass is 611 g/mol. The Hall–Kier alpha value is -0.790. The van der Waals surface area contributed by atoms with Gasteiger partial charge in [-0.3, -0.25) is 4.79 Å². The molecule has 0 bridgehead atoms. The highest BCUT2D eigenvalue weighted by Gasteiger charge is 2.59. The number of rotatable bonds is 19. The first kappa shape index (κ1) is 36.1. The van der Waals surface area contributed by atoms with Gasteiger partial charge in [0.2, 0.25) is 0 Å². The van der Waals surface area contributed by atoms with Crippen molar-refractivity contribution in [1.82, 2.24) is 0 Å². The van der Waals surface area contributed by atoms with E-state index in [1.54, 1.807) is 5.57 Å². The SMILES string of the molecule is CCCCCCCCCCCCCC(C(=O)O)[C@H]1CC[C@@]2(C)C(=CC[C@H]3[C@@H]4CC[C@H]([C@H](C)CCCC(C)C)[C@@]4(C)CC[C@@H]32)C1. The Bertz CT molecular complexity index is 903. The summed E-state index contributed by atoms with van der Waals surface area (Å²) in [6.45, 7) is 14.9. The average Bonchev–Trinajstić information content (AvgIpc) is 3.34. The number of hydrogen-bond donors (Lipinski definition) is 1. The minimum Gasteiger partial charge on any atom is -0.481 e. The highest BCUT2D eigenvalue weighted by molar-refractivity contribution is 5.70. The average molecular weight is 611 g/mol. The van der Waals surface area contributed by atoms with Crippen LogP contribution < -0.4 is 0 Å². The lowest BCUT2D eigenvalue weighted by molar-refractivity contribution is -0.144. The molecule has 0 amide bonds. The summed E-state index contributed by atoms with van der Waals surface area (Å²) in [6, 6.07) is 0. The molecule has 0 aromatic carbocycles. The zero-order chi connectivity index (χ0) is 31.7. The van der Waals surface area contributed by atoms with Gasteiger partial charge in [0.15, 0.2) is 0 Å². The van der Waals surface area contributed by atoms with E-state index in [9.17, 15) is 9.90 Å². The van der Waals surface area contributed by atoms with Gasteiger partial charge >= 0.3 is 5.97 Å². The molecule has 4 aliphatic rings. The normalized spacial score (nSPS) is 34.6. The van der Waals surface area contributed by atoms with Crippen molar-refractivity contribution in [2.75, 3.05) is 0 Å². The summed E-state index contributed by atoms with van der Waals surface area (Å²) in [5, 5.41) is 10.3. The number of carboxylic acids is 1. The second-order valence-electron chi connectivity index (χ2n) is 17.6. The fourth-order valence-corrected chi connectivity index (χ4v) is 11.6. The Morgan fingerprint density at radius 1 is 0.795 bits per heavy atom. The summed E-state index contributed by atoms with van der Waals surface area (Å²) >= 11 is 0. The largest absolute Gasteiger partial charge is 0.481 e. The van der Waals surface area contributed by atoms with Crippen molar-refractivity contribution in [3.05, 3.63) is 11.6 Å². The molecule has 3 saturated carbocycles. The van der Waals surface area contributed by atoms with Gasteiger partial charge in [-0.1, -0.05) is 143 Å². The van der Waals surface area contributed by atoms with E-state index in [1.807, 2.05) is 0 Å². The number of carboxylic acid groups (broad SMARTS) is 1. The molecule has 9 atom stereocenters. The third-order valence-electron chi connectivity index (χ3n) is 14.3. The molecule has 0 saturated heterocycles. The number of unbranched alkanes of at least 4 members (excludes halogenated alkanes) is 10. The van der Waals surface area contributed by atoms with E-state index in [2.05, 4.69) is 47.6 Å². The molecule has 1 unspecified atom stereocenters. The van der Waals surface area contributed by atoms with E-state index < -0.39 is 5.97 Å². The van der Waals surface area contributed by atoms with E-state index in [0.717, 1.165) is 61.2 Å². The van der Waals surface area contributed by atoms with Crippen molar-refractivity contribution in [3.8, 4) is 0 Å². The van der Waals surface area contributed by atoms with Crippen LogP contribution in [0.5, 0.6) is 0 Å². The second-order valence-corrected chi connectivity index (χ2v) is 17.6. The lowest BCUT2D eigenvalue weighted by atomic mass is 9.46. The predicted molar refractivity (Wildman–Crippen MR) is 189 cm³/mol. The Morgan fingerprint density at radius 2 is 1.45 bits per heavy atom. The molecule has 0 heterocycles. The van der Waals surface area contributed by atoms with Gasteiger partial charge in [0.1, 0.15) is 0 Å². The summed E-state index contributed by atoms with van der Waals surface area (Å²) < 4.78 is 0. The molecule has 4 rings (SSSR count). The van der Waals surface area contributed by atoms with Crippen LogP contribution in [0.25, 0.3) is 0 Å². The number of aliphatic carboxylic acids is 1. The highest BCUT2D eigenvalue weighted by Crippen LogP contribution is 2.67. The lowest BCUT2D eigenvalue weighted by Gasteiger charge is -2.59. The molecule has 0 aliphatic heterocycles. The zero-order valence-corrected chi connectivity index (χ0v) is 30.3. The van der Waals surface area contributed by atoms with Gasteiger partial charge in [0, 0.05) is 0 Å². The third kappa shape index (κ3) is 8.56. The van der Waals surface area contributed by atoms with Crippen molar-refractivity contribution in [2.45, 2.75) is 189 Å². The van der Waals surface area contributed by atoms with Gasteiger partial charge in [0.05, 0.1) is 5.92 Å². The smallest absolute Gasteiger partial charge is 0.306 e. The fourth-order valence-electron chi connectivity index (χ4n) is 11.6. The van der Waals surface area contributed by atoms with E-state index >= 15 is 0 Å².